The van der Waals surface area contributed by atoms with Crippen molar-refractivity contribution in [3.8, 4) is 6.07 Å². The van der Waals surface area contributed by atoms with Crippen LogP contribution in [0.2, 0.25) is 0 Å². The highest BCUT2D eigenvalue weighted by atomic mass is 16.2. The molecule has 0 spiro atoms. The Kier molecular flexibility index (Phi) is 4.70. The molecule has 0 atom stereocenters. The standard InChI is InChI=1S/C16H19N7O/c1-22-11-13(10-19-22)20-16-18-7-3-14(21-16)12-4-8-23(9-5-12)15(24)2-6-17/h3,7,10-12H,2,4-5,8-9H2,1H3,(H,18,20,21). The van der Waals surface area contributed by atoms with Crippen LogP contribution in [0.5, 0.6) is 0 Å². The minimum absolute atomic E-state index is 0.0443. The van der Waals surface area contributed by atoms with E-state index in [2.05, 4.69) is 20.4 Å². The summed E-state index contributed by atoms with van der Waals surface area (Å²) in [7, 11) is 1.85. The van der Waals surface area contributed by atoms with E-state index in [9.17, 15) is 4.79 Å². The number of aromatic nitrogens is 4. The van der Waals surface area contributed by atoms with Gasteiger partial charge in [0.15, 0.2) is 0 Å². The van der Waals surface area contributed by atoms with Crippen LogP contribution < -0.4 is 5.32 Å². The van der Waals surface area contributed by atoms with E-state index in [0.717, 1.165) is 24.2 Å². The van der Waals surface area contributed by atoms with E-state index >= 15 is 0 Å². The fourth-order valence-electron chi connectivity index (χ4n) is 2.88. The molecule has 0 unspecified atom stereocenters. The average Bonchev–Trinajstić information content (AvgIpc) is 3.00. The Hall–Kier alpha value is -2.95. The minimum atomic E-state index is -0.0856. The van der Waals surface area contributed by atoms with Crippen LogP contribution in [-0.4, -0.2) is 43.6 Å². The van der Waals surface area contributed by atoms with Gasteiger partial charge in [-0.15, -0.1) is 0 Å². The molecule has 3 heterocycles. The molecule has 1 aliphatic rings. The van der Waals surface area contributed by atoms with Crippen LogP contribution in [0.4, 0.5) is 11.6 Å². The summed E-state index contributed by atoms with van der Waals surface area (Å²) < 4.78 is 1.71. The number of nitrogens with zero attached hydrogens (tertiary/aromatic N) is 6. The summed E-state index contributed by atoms with van der Waals surface area (Å²) in [4.78, 5) is 22.4. The Bertz CT molecular complexity index is 756. The summed E-state index contributed by atoms with van der Waals surface area (Å²) in [6.45, 7) is 1.33. The number of nitrogens with one attached hydrogen (secondary N) is 1. The first-order chi connectivity index (χ1) is 11.7. The third kappa shape index (κ3) is 3.68. The van der Waals surface area contributed by atoms with Crippen LogP contribution in [0.3, 0.4) is 0 Å². The molecule has 2 aromatic rings. The summed E-state index contributed by atoms with van der Waals surface area (Å²) in [5, 5.41) is 15.9. The van der Waals surface area contributed by atoms with Crippen LogP contribution >= 0.6 is 0 Å². The van der Waals surface area contributed by atoms with Gasteiger partial charge in [0.25, 0.3) is 0 Å². The summed E-state index contributed by atoms with van der Waals surface area (Å²) in [6.07, 6.45) is 6.97. The summed E-state index contributed by atoms with van der Waals surface area (Å²) in [6, 6.07) is 3.84. The quantitative estimate of drug-likeness (QED) is 0.916. The molecule has 0 aliphatic carbocycles. The fourth-order valence-corrected chi connectivity index (χ4v) is 2.88. The van der Waals surface area contributed by atoms with Crippen molar-refractivity contribution in [2.75, 3.05) is 18.4 Å². The first-order valence-electron chi connectivity index (χ1n) is 7.89. The van der Waals surface area contributed by atoms with E-state index in [1.54, 1.807) is 22.0 Å². The largest absolute Gasteiger partial charge is 0.342 e. The molecule has 2 aromatic heterocycles. The maximum atomic E-state index is 11.8. The van der Waals surface area contributed by atoms with Gasteiger partial charge < -0.3 is 10.2 Å². The van der Waals surface area contributed by atoms with E-state index in [1.807, 2.05) is 25.4 Å². The van der Waals surface area contributed by atoms with E-state index in [4.69, 9.17) is 5.26 Å². The molecule has 1 saturated heterocycles. The van der Waals surface area contributed by atoms with Gasteiger partial charge in [0, 0.05) is 44.1 Å². The molecule has 1 aliphatic heterocycles. The van der Waals surface area contributed by atoms with Gasteiger partial charge >= 0.3 is 0 Å². The zero-order chi connectivity index (χ0) is 16.9. The van der Waals surface area contributed by atoms with Crippen molar-refractivity contribution in [2.45, 2.75) is 25.2 Å². The monoisotopic (exact) mass is 325 g/mol. The molecule has 0 aromatic carbocycles. The van der Waals surface area contributed by atoms with E-state index in [0.29, 0.717) is 25.0 Å². The average molecular weight is 325 g/mol. The molecule has 24 heavy (non-hydrogen) atoms. The van der Waals surface area contributed by atoms with Crippen molar-refractivity contribution in [3.63, 3.8) is 0 Å². The molecule has 1 amide bonds. The van der Waals surface area contributed by atoms with Crippen molar-refractivity contribution in [1.82, 2.24) is 24.6 Å². The Labute approximate surface area is 140 Å². The Morgan fingerprint density at radius 2 is 2.25 bits per heavy atom. The predicted molar refractivity (Wildman–Crippen MR) is 87.3 cm³/mol. The first-order valence-corrected chi connectivity index (χ1v) is 7.89. The number of carbonyl (C=O) groups is 1. The molecule has 1 N–H and O–H groups in total. The van der Waals surface area contributed by atoms with Crippen molar-refractivity contribution in [2.24, 2.45) is 7.05 Å². The van der Waals surface area contributed by atoms with Crippen LogP contribution in [0.25, 0.3) is 0 Å². The third-order valence-electron chi connectivity index (χ3n) is 4.13. The van der Waals surface area contributed by atoms with Gasteiger partial charge in [-0.3, -0.25) is 9.48 Å². The van der Waals surface area contributed by atoms with Crippen LogP contribution in [0.1, 0.15) is 30.9 Å². The molecular formula is C16H19N7O. The van der Waals surface area contributed by atoms with E-state index in [-0.39, 0.29) is 12.3 Å². The number of anilines is 2. The number of amides is 1. The number of aryl methyl sites for hydroxylation is 1. The van der Waals surface area contributed by atoms with Gasteiger partial charge in [-0.2, -0.15) is 10.4 Å². The van der Waals surface area contributed by atoms with Crippen molar-refractivity contribution in [1.29, 1.82) is 5.26 Å². The molecule has 0 saturated carbocycles. The molecule has 1 fully saturated rings. The summed E-state index contributed by atoms with van der Waals surface area (Å²) in [5.74, 6) is 0.759. The number of rotatable bonds is 4. The maximum Gasteiger partial charge on any atom is 0.236 e. The molecule has 3 rings (SSSR count). The number of piperidine rings is 1. The van der Waals surface area contributed by atoms with Gasteiger partial charge in [0.2, 0.25) is 11.9 Å². The Balaban J connectivity index is 1.63. The third-order valence-corrected chi connectivity index (χ3v) is 4.13. The van der Waals surface area contributed by atoms with Crippen molar-refractivity contribution in [3.05, 3.63) is 30.4 Å². The highest BCUT2D eigenvalue weighted by Gasteiger charge is 2.24. The fraction of sp³-hybridized carbons (Fsp3) is 0.438. The lowest BCUT2D eigenvalue weighted by atomic mass is 9.93. The lowest BCUT2D eigenvalue weighted by molar-refractivity contribution is -0.131. The molecular weight excluding hydrogens is 306 g/mol. The number of carbonyl (C=O) groups excluding carboxylic acids is 1. The van der Waals surface area contributed by atoms with Gasteiger partial charge in [0.05, 0.1) is 18.0 Å². The zero-order valence-corrected chi connectivity index (χ0v) is 13.5. The predicted octanol–water partition coefficient (Wildman–Crippen LogP) is 1.57. The van der Waals surface area contributed by atoms with Gasteiger partial charge in [0.1, 0.15) is 6.42 Å². The zero-order valence-electron chi connectivity index (χ0n) is 13.5. The van der Waals surface area contributed by atoms with E-state index in [1.165, 1.54) is 0 Å². The Morgan fingerprint density at radius 3 is 2.92 bits per heavy atom. The highest BCUT2D eigenvalue weighted by Crippen LogP contribution is 2.27. The van der Waals surface area contributed by atoms with Gasteiger partial charge in [-0.25, -0.2) is 9.97 Å². The lowest BCUT2D eigenvalue weighted by Gasteiger charge is -2.31. The van der Waals surface area contributed by atoms with Crippen molar-refractivity contribution >= 4 is 17.5 Å². The minimum Gasteiger partial charge on any atom is -0.342 e. The van der Waals surface area contributed by atoms with Crippen LogP contribution in [0.15, 0.2) is 24.7 Å². The van der Waals surface area contributed by atoms with E-state index < -0.39 is 0 Å². The number of likely N-dealkylation sites (tertiary alicyclic amines) is 1. The highest BCUT2D eigenvalue weighted by molar-refractivity contribution is 5.78. The molecule has 0 radical (unpaired) electrons. The Morgan fingerprint density at radius 1 is 1.46 bits per heavy atom. The molecule has 0 bridgehead atoms. The normalized spacial score (nSPS) is 15.1. The molecule has 8 nitrogen and oxygen atoms in total. The second kappa shape index (κ2) is 7.08. The van der Waals surface area contributed by atoms with Crippen molar-refractivity contribution < 1.29 is 4.79 Å². The SMILES string of the molecule is Cn1cc(Nc2nccc(C3CCN(C(=O)CC#N)CC3)n2)cn1. The molecule has 124 valence electrons. The number of hydrogen-bond donors (Lipinski definition) is 1. The van der Waals surface area contributed by atoms with Gasteiger partial charge in [-0.05, 0) is 18.9 Å². The lowest BCUT2D eigenvalue weighted by Crippen LogP contribution is -2.37. The first kappa shape index (κ1) is 15.9. The van der Waals surface area contributed by atoms with Crippen LogP contribution in [-0.2, 0) is 11.8 Å². The number of hydrogen-bond acceptors (Lipinski definition) is 6. The van der Waals surface area contributed by atoms with Crippen LogP contribution in [0, 0.1) is 11.3 Å². The summed E-state index contributed by atoms with van der Waals surface area (Å²) >= 11 is 0. The molecule has 8 heteroatoms. The second-order valence-corrected chi connectivity index (χ2v) is 5.82. The summed E-state index contributed by atoms with van der Waals surface area (Å²) in [5.41, 5.74) is 1.82. The smallest absolute Gasteiger partial charge is 0.236 e. The topological polar surface area (TPSA) is 99.7 Å². The number of nitriles is 1. The maximum absolute atomic E-state index is 11.8. The van der Waals surface area contributed by atoms with Gasteiger partial charge in [-0.1, -0.05) is 0 Å². The second-order valence-electron chi connectivity index (χ2n) is 5.82.